The molecule has 0 heterocycles. The monoisotopic (exact) mass is 253 g/mol. The maximum absolute atomic E-state index is 13.2. The van der Waals surface area contributed by atoms with Crippen LogP contribution in [0.1, 0.15) is 31.1 Å². The highest BCUT2D eigenvalue weighted by Crippen LogP contribution is 2.05. The van der Waals surface area contributed by atoms with Crippen LogP contribution in [0.3, 0.4) is 0 Å². The van der Waals surface area contributed by atoms with E-state index in [9.17, 15) is 14.0 Å². The van der Waals surface area contributed by atoms with Gasteiger partial charge in [0, 0.05) is 5.54 Å². The molecule has 3 amide bonds. The van der Waals surface area contributed by atoms with E-state index in [1.807, 2.05) is 0 Å². The van der Waals surface area contributed by atoms with Crippen molar-refractivity contribution in [3.8, 4) is 0 Å². The molecule has 5 nitrogen and oxygen atoms in total. The lowest BCUT2D eigenvalue weighted by atomic mass is 10.1. The van der Waals surface area contributed by atoms with Crippen LogP contribution >= 0.6 is 0 Å². The largest absolute Gasteiger partial charge is 0.333 e. The van der Waals surface area contributed by atoms with Crippen LogP contribution < -0.4 is 16.2 Å². The van der Waals surface area contributed by atoms with Crippen molar-refractivity contribution in [3.05, 3.63) is 35.6 Å². The summed E-state index contributed by atoms with van der Waals surface area (Å²) in [6.07, 6.45) is 0. The fourth-order valence-electron chi connectivity index (χ4n) is 1.20. The van der Waals surface area contributed by atoms with Crippen LogP contribution in [0.5, 0.6) is 0 Å². The minimum absolute atomic E-state index is 0.131. The highest BCUT2D eigenvalue weighted by molar-refractivity contribution is 5.95. The molecular formula is C12H16FN3O2. The van der Waals surface area contributed by atoms with Gasteiger partial charge in [0.2, 0.25) is 0 Å². The molecule has 0 fully saturated rings. The third-order valence-electron chi connectivity index (χ3n) is 1.90. The molecule has 0 spiro atoms. The molecule has 0 aliphatic carbocycles. The first kappa shape index (κ1) is 14.0. The molecule has 98 valence electrons. The Morgan fingerprint density at radius 1 is 1.11 bits per heavy atom. The van der Waals surface area contributed by atoms with Crippen molar-refractivity contribution in [2.75, 3.05) is 0 Å². The van der Waals surface area contributed by atoms with Crippen molar-refractivity contribution < 1.29 is 14.0 Å². The molecule has 0 saturated carbocycles. The van der Waals surface area contributed by atoms with Gasteiger partial charge in [0.1, 0.15) is 5.82 Å². The molecular weight excluding hydrogens is 237 g/mol. The Hall–Kier alpha value is -2.11. The summed E-state index contributed by atoms with van der Waals surface area (Å²) >= 11 is 0. The summed E-state index contributed by atoms with van der Waals surface area (Å²) in [6, 6.07) is 4.95. The normalized spacial score (nSPS) is 10.7. The summed E-state index contributed by atoms with van der Waals surface area (Å²) in [5.41, 5.74) is 3.71. The molecule has 6 heteroatoms. The highest BCUT2D eigenvalue weighted by Gasteiger charge is 2.15. The zero-order valence-electron chi connectivity index (χ0n) is 10.5. The van der Waals surface area contributed by atoms with Gasteiger partial charge in [0.15, 0.2) is 0 Å². The first-order chi connectivity index (χ1) is 8.29. The maximum atomic E-state index is 13.2. The van der Waals surface area contributed by atoms with E-state index in [-0.39, 0.29) is 5.56 Å². The summed E-state index contributed by atoms with van der Waals surface area (Å²) in [4.78, 5) is 22.9. The van der Waals surface area contributed by atoms with Gasteiger partial charge in [-0.1, -0.05) is 12.1 Å². The van der Waals surface area contributed by atoms with Crippen LogP contribution in [0.25, 0.3) is 0 Å². The molecule has 0 aliphatic heterocycles. The van der Waals surface area contributed by atoms with Gasteiger partial charge in [-0.3, -0.25) is 10.2 Å². The van der Waals surface area contributed by atoms with Crippen LogP contribution in [0.2, 0.25) is 0 Å². The number of halogens is 1. The maximum Gasteiger partial charge on any atom is 0.333 e. The summed E-state index contributed by atoms with van der Waals surface area (Å²) in [6.45, 7) is 5.39. The number of hydrogen-bond donors (Lipinski definition) is 3. The molecule has 1 aromatic rings. The van der Waals surface area contributed by atoms with E-state index in [4.69, 9.17) is 0 Å². The second kappa shape index (κ2) is 5.48. The number of urea groups is 1. The number of amides is 3. The van der Waals surface area contributed by atoms with Crippen molar-refractivity contribution >= 4 is 11.9 Å². The second-order valence-electron chi connectivity index (χ2n) is 4.76. The lowest BCUT2D eigenvalue weighted by Gasteiger charge is -2.20. The first-order valence-electron chi connectivity index (χ1n) is 5.42. The van der Waals surface area contributed by atoms with Crippen molar-refractivity contribution in [2.45, 2.75) is 26.3 Å². The van der Waals surface area contributed by atoms with E-state index in [2.05, 4.69) is 16.2 Å². The fourth-order valence-corrected chi connectivity index (χ4v) is 1.20. The Bertz CT molecular complexity index is 455. The fraction of sp³-hybridized carbons (Fsp3) is 0.333. The van der Waals surface area contributed by atoms with Crippen LogP contribution in [0.15, 0.2) is 24.3 Å². The Morgan fingerprint density at radius 3 is 2.28 bits per heavy atom. The lowest BCUT2D eigenvalue weighted by molar-refractivity contribution is 0.0931. The quantitative estimate of drug-likeness (QED) is 0.665. The smallest absolute Gasteiger partial charge is 0.332 e. The third kappa shape index (κ3) is 4.40. The number of hydrazine groups is 1. The summed E-state index contributed by atoms with van der Waals surface area (Å²) in [5, 5.41) is 2.58. The predicted molar refractivity (Wildman–Crippen MR) is 65.3 cm³/mol. The topological polar surface area (TPSA) is 70.2 Å². The van der Waals surface area contributed by atoms with Gasteiger partial charge in [-0.25, -0.2) is 14.6 Å². The standard InChI is InChI=1S/C12H16FN3O2/c1-12(2,3)14-11(18)16-15-10(17)8-6-4-5-7-9(8)13/h4-7H,1-3H3,(H,15,17)(H2,14,16,18). The summed E-state index contributed by atoms with van der Waals surface area (Å²) < 4.78 is 13.2. The summed E-state index contributed by atoms with van der Waals surface area (Å²) in [5.74, 6) is -1.36. The number of rotatable bonds is 1. The number of hydrogen-bond acceptors (Lipinski definition) is 2. The minimum Gasteiger partial charge on any atom is -0.332 e. The second-order valence-corrected chi connectivity index (χ2v) is 4.76. The van der Waals surface area contributed by atoms with Crippen molar-refractivity contribution in [1.82, 2.24) is 16.2 Å². The van der Waals surface area contributed by atoms with Crippen LogP contribution in [0, 0.1) is 5.82 Å². The number of benzene rings is 1. The van der Waals surface area contributed by atoms with E-state index >= 15 is 0 Å². The zero-order chi connectivity index (χ0) is 13.8. The lowest BCUT2D eigenvalue weighted by Crippen LogP contribution is -2.52. The molecule has 0 radical (unpaired) electrons. The molecule has 3 N–H and O–H groups in total. The van der Waals surface area contributed by atoms with Crippen LogP contribution in [0.4, 0.5) is 9.18 Å². The van der Waals surface area contributed by atoms with E-state index in [1.165, 1.54) is 24.3 Å². The molecule has 18 heavy (non-hydrogen) atoms. The molecule has 0 aromatic heterocycles. The van der Waals surface area contributed by atoms with Gasteiger partial charge in [0.25, 0.3) is 5.91 Å². The van der Waals surface area contributed by atoms with E-state index in [0.717, 1.165) is 0 Å². The van der Waals surface area contributed by atoms with E-state index in [1.54, 1.807) is 20.8 Å². The third-order valence-corrected chi connectivity index (χ3v) is 1.90. The Morgan fingerprint density at radius 2 is 1.72 bits per heavy atom. The van der Waals surface area contributed by atoms with Gasteiger partial charge in [-0.15, -0.1) is 0 Å². The molecule has 1 aromatic carbocycles. The number of carbonyl (C=O) groups is 2. The van der Waals surface area contributed by atoms with Gasteiger partial charge in [-0.2, -0.15) is 0 Å². The summed E-state index contributed by atoms with van der Waals surface area (Å²) in [7, 11) is 0. The molecule has 0 aliphatic rings. The molecule has 1 rings (SSSR count). The zero-order valence-corrected chi connectivity index (χ0v) is 10.5. The van der Waals surface area contributed by atoms with Crippen molar-refractivity contribution in [2.24, 2.45) is 0 Å². The SMILES string of the molecule is CC(C)(C)NC(=O)NNC(=O)c1ccccc1F. The molecule has 0 saturated heterocycles. The van der Waals surface area contributed by atoms with Gasteiger partial charge >= 0.3 is 6.03 Å². The average Bonchev–Trinajstić information content (AvgIpc) is 2.24. The van der Waals surface area contributed by atoms with Gasteiger partial charge in [0.05, 0.1) is 5.56 Å². The molecule has 0 bridgehead atoms. The molecule has 0 unspecified atom stereocenters. The Kier molecular flexibility index (Phi) is 4.25. The van der Waals surface area contributed by atoms with Crippen LogP contribution in [-0.2, 0) is 0 Å². The number of carbonyl (C=O) groups excluding carboxylic acids is 2. The van der Waals surface area contributed by atoms with Crippen molar-refractivity contribution in [3.63, 3.8) is 0 Å². The highest BCUT2D eigenvalue weighted by atomic mass is 19.1. The van der Waals surface area contributed by atoms with Gasteiger partial charge in [-0.05, 0) is 32.9 Å². The number of nitrogens with one attached hydrogen (secondary N) is 3. The predicted octanol–water partition coefficient (Wildman–Crippen LogP) is 1.57. The first-order valence-corrected chi connectivity index (χ1v) is 5.42. The van der Waals surface area contributed by atoms with E-state index < -0.39 is 23.3 Å². The van der Waals surface area contributed by atoms with E-state index in [0.29, 0.717) is 0 Å². The molecule has 0 atom stereocenters. The van der Waals surface area contributed by atoms with Gasteiger partial charge < -0.3 is 5.32 Å². The Labute approximate surface area is 105 Å². The minimum atomic E-state index is -0.711. The van der Waals surface area contributed by atoms with Crippen molar-refractivity contribution in [1.29, 1.82) is 0 Å². The average molecular weight is 253 g/mol. The Balaban J connectivity index is 2.52. The van der Waals surface area contributed by atoms with Crippen LogP contribution in [-0.4, -0.2) is 17.5 Å².